The summed E-state index contributed by atoms with van der Waals surface area (Å²) in [6.45, 7) is 7.50. The summed E-state index contributed by atoms with van der Waals surface area (Å²) in [5.41, 5.74) is 2.03. The second kappa shape index (κ2) is 6.48. The predicted molar refractivity (Wildman–Crippen MR) is 94.3 cm³/mol. The molecule has 0 spiro atoms. The minimum Gasteiger partial charge on any atom is -0.378 e. The van der Waals surface area contributed by atoms with E-state index in [0.717, 1.165) is 69.0 Å². The maximum Gasteiger partial charge on any atom is 0.227 e. The third-order valence-electron chi connectivity index (χ3n) is 5.38. The van der Waals surface area contributed by atoms with Crippen LogP contribution in [0.15, 0.2) is 12.3 Å². The highest BCUT2D eigenvalue weighted by atomic mass is 16.5. The first-order chi connectivity index (χ1) is 12.8. The van der Waals surface area contributed by atoms with E-state index < -0.39 is 0 Å². The zero-order valence-electron chi connectivity index (χ0n) is 14.9. The molecule has 2 fully saturated rings. The van der Waals surface area contributed by atoms with E-state index in [1.807, 2.05) is 11.6 Å². The van der Waals surface area contributed by atoms with Gasteiger partial charge < -0.3 is 19.3 Å². The summed E-state index contributed by atoms with van der Waals surface area (Å²) in [7, 11) is 0. The molecule has 26 heavy (non-hydrogen) atoms. The molecule has 138 valence electrons. The average Bonchev–Trinajstić information content (AvgIpc) is 3.17. The molecular formula is C17H23N7O2. The first kappa shape index (κ1) is 16.0. The number of nitrogens with zero attached hydrogens (tertiary/aromatic N) is 7. The summed E-state index contributed by atoms with van der Waals surface area (Å²) in [5.74, 6) is 1.77. The highest BCUT2D eigenvalue weighted by molar-refractivity contribution is 5.46. The van der Waals surface area contributed by atoms with E-state index in [0.29, 0.717) is 6.61 Å². The van der Waals surface area contributed by atoms with Gasteiger partial charge in [-0.3, -0.25) is 0 Å². The number of hydrogen-bond donors (Lipinski definition) is 0. The van der Waals surface area contributed by atoms with E-state index in [2.05, 4.69) is 31.2 Å². The lowest BCUT2D eigenvalue weighted by Gasteiger charge is -2.41. The van der Waals surface area contributed by atoms with Gasteiger partial charge in [0.1, 0.15) is 5.82 Å². The van der Waals surface area contributed by atoms with Crippen LogP contribution in [-0.2, 0) is 16.1 Å². The quantitative estimate of drug-likeness (QED) is 0.771. The molecule has 2 saturated heterocycles. The van der Waals surface area contributed by atoms with Gasteiger partial charge in [0, 0.05) is 37.9 Å². The molecule has 2 aromatic rings. The van der Waals surface area contributed by atoms with Crippen LogP contribution in [0, 0.1) is 6.92 Å². The van der Waals surface area contributed by atoms with Crippen molar-refractivity contribution >= 4 is 11.8 Å². The summed E-state index contributed by atoms with van der Waals surface area (Å²) in [5, 5.41) is 8.34. The molecule has 0 unspecified atom stereocenters. The number of rotatable bonds is 2. The summed E-state index contributed by atoms with van der Waals surface area (Å²) in [6, 6.07) is 2.24. The smallest absolute Gasteiger partial charge is 0.227 e. The van der Waals surface area contributed by atoms with Gasteiger partial charge in [-0.1, -0.05) is 5.21 Å². The zero-order chi connectivity index (χ0) is 17.5. The lowest BCUT2D eigenvalue weighted by molar-refractivity contribution is -0.0373. The van der Waals surface area contributed by atoms with Gasteiger partial charge in [-0.05, 0) is 13.3 Å². The van der Waals surface area contributed by atoms with Crippen molar-refractivity contribution in [3.05, 3.63) is 23.7 Å². The highest BCUT2D eigenvalue weighted by Crippen LogP contribution is 2.32. The van der Waals surface area contributed by atoms with E-state index in [4.69, 9.17) is 14.5 Å². The number of anilines is 2. The average molecular weight is 357 g/mol. The number of fused-ring (bicyclic) bond motifs is 3. The monoisotopic (exact) mass is 357 g/mol. The van der Waals surface area contributed by atoms with Crippen molar-refractivity contribution in [3.63, 3.8) is 0 Å². The van der Waals surface area contributed by atoms with E-state index in [1.54, 1.807) is 6.20 Å². The minimum atomic E-state index is 0.178. The normalized spacial score (nSPS) is 25.7. The predicted octanol–water partition coefficient (Wildman–Crippen LogP) is 0.563. The second-order valence-electron chi connectivity index (χ2n) is 7.09. The zero-order valence-corrected chi connectivity index (χ0v) is 14.9. The number of ether oxygens (including phenoxy) is 2. The van der Waals surface area contributed by atoms with Gasteiger partial charge in [-0.2, -0.15) is 4.98 Å². The van der Waals surface area contributed by atoms with Crippen LogP contribution in [-0.4, -0.2) is 70.5 Å². The summed E-state index contributed by atoms with van der Waals surface area (Å²) < 4.78 is 13.5. The van der Waals surface area contributed by atoms with E-state index in [9.17, 15) is 0 Å². The van der Waals surface area contributed by atoms with Crippen LogP contribution in [0.25, 0.3) is 0 Å². The van der Waals surface area contributed by atoms with Gasteiger partial charge in [-0.25, -0.2) is 9.67 Å². The number of piperidine rings is 1. The molecular weight excluding hydrogens is 334 g/mol. The van der Waals surface area contributed by atoms with Crippen molar-refractivity contribution in [2.75, 3.05) is 49.2 Å². The fraction of sp³-hybridized carbons (Fsp3) is 0.647. The molecule has 0 aliphatic carbocycles. The van der Waals surface area contributed by atoms with Crippen LogP contribution in [0.2, 0.25) is 0 Å². The van der Waals surface area contributed by atoms with Crippen molar-refractivity contribution in [3.8, 4) is 0 Å². The Morgan fingerprint density at radius 2 is 2.00 bits per heavy atom. The Morgan fingerprint density at radius 1 is 1.12 bits per heavy atom. The van der Waals surface area contributed by atoms with Crippen LogP contribution in [0.5, 0.6) is 0 Å². The lowest BCUT2D eigenvalue weighted by Crippen LogP contribution is -2.48. The number of hydrogen-bond acceptors (Lipinski definition) is 8. The van der Waals surface area contributed by atoms with Crippen LogP contribution in [0.3, 0.4) is 0 Å². The Labute approximate surface area is 151 Å². The van der Waals surface area contributed by atoms with E-state index in [-0.39, 0.29) is 12.1 Å². The number of aryl methyl sites for hydroxylation is 1. The lowest BCUT2D eigenvalue weighted by atomic mass is 10.0. The largest absolute Gasteiger partial charge is 0.378 e. The molecule has 3 aliphatic rings. The fourth-order valence-electron chi connectivity index (χ4n) is 3.99. The van der Waals surface area contributed by atoms with Gasteiger partial charge in [0.2, 0.25) is 5.95 Å². The molecule has 2 aromatic heterocycles. The third-order valence-corrected chi connectivity index (χ3v) is 5.38. The highest BCUT2D eigenvalue weighted by Gasteiger charge is 2.37. The molecule has 0 amide bonds. The van der Waals surface area contributed by atoms with E-state index >= 15 is 0 Å². The molecule has 5 heterocycles. The first-order valence-corrected chi connectivity index (χ1v) is 9.22. The summed E-state index contributed by atoms with van der Waals surface area (Å²) in [4.78, 5) is 14.0. The number of morpholine rings is 1. The second-order valence-corrected chi connectivity index (χ2v) is 7.09. The van der Waals surface area contributed by atoms with Crippen LogP contribution in [0.4, 0.5) is 11.8 Å². The Balaban J connectivity index is 1.41. The maximum atomic E-state index is 6.01. The Hall–Kier alpha value is -2.26. The van der Waals surface area contributed by atoms with Gasteiger partial charge in [0.15, 0.2) is 0 Å². The van der Waals surface area contributed by atoms with Crippen molar-refractivity contribution in [2.24, 2.45) is 0 Å². The van der Waals surface area contributed by atoms with E-state index in [1.165, 1.54) is 0 Å². The maximum absolute atomic E-state index is 6.01. The topological polar surface area (TPSA) is 81.4 Å². The molecule has 0 bridgehead atoms. The molecule has 0 radical (unpaired) electrons. The standard InChI is InChI=1S/C17H23N7O2/c1-12-8-16(20-17(19-12)22-4-6-25-7-5-22)23-3-2-15-14(10-23)24-13(11-26-15)9-18-21-24/h8-9,14-15H,2-7,10-11H2,1H3/t14-,15-/m0/s1. The van der Waals surface area contributed by atoms with Gasteiger partial charge >= 0.3 is 0 Å². The summed E-state index contributed by atoms with van der Waals surface area (Å²) >= 11 is 0. The first-order valence-electron chi connectivity index (χ1n) is 9.22. The van der Waals surface area contributed by atoms with Crippen LogP contribution in [0.1, 0.15) is 23.9 Å². The molecule has 0 aromatic carbocycles. The van der Waals surface area contributed by atoms with Crippen molar-refractivity contribution in [1.82, 2.24) is 25.0 Å². The van der Waals surface area contributed by atoms with Crippen molar-refractivity contribution < 1.29 is 9.47 Å². The Bertz CT molecular complexity index is 789. The molecule has 3 aliphatic heterocycles. The van der Waals surface area contributed by atoms with Crippen molar-refractivity contribution in [1.29, 1.82) is 0 Å². The van der Waals surface area contributed by atoms with Gasteiger partial charge in [0.05, 0.1) is 43.9 Å². The fourth-order valence-corrected chi connectivity index (χ4v) is 3.99. The number of aromatic nitrogens is 5. The van der Waals surface area contributed by atoms with Crippen LogP contribution < -0.4 is 9.80 Å². The molecule has 0 N–H and O–H groups in total. The molecule has 2 atom stereocenters. The van der Waals surface area contributed by atoms with Gasteiger partial charge in [0.25, 0.3) is 0 Å². The Morgan fingerprint density at radius 3 is 2.88 bits per heavy atom. The molecule has 0 saturated carbocycles. The Kier molecular flexibility index (Phi) is 3.97. The van der Waals surface area contributed by atoms with Gasteiger partial charge in [-0.15, -0.1) is 5.10 Å². The third kappa shape index (κ3) is 2.80. The molecule has 9 nitrogen and oxygen atoms in total. The molecule has 9 heteroatoms. The van der Waals surface area contributed by atoms with Crippen molar-refractivity contribution in [2.45, 2.75) is 32.1 Å². The van der Waals surface area contributed by atoms with Crippen LogP contribution >= 0.6 is 0 Å². The molecule has 5 rings (SSSR count). The SMILES string of the molecule is Cc1cc(N2CC[C@@H]3OCc4cnnn4[C@H]3C2)nc(N2CCOCC2)n1. The summed E-state index contributed by atoms with van der Waals surface area (Å²) in [6.07, 6.45) is 2.95. The minimum absolute atomic E-state index is 0.178.